The summed E-state index contributed by atoms with van der Waals surface area (Å²) in [5.74, 6) is -0.225. The smallest absolute Gasteiger partial charge is 0.243 e. The van der Waals surface area contributed by atoms with Gasteiger partial charge in [-0.1, -0.05) is 29.0 Å². The number of sulfonamides is 1. The highest BCUT2D eigenvalue weighted by Crippen LogP contribution is 2.34. The second-order valence-corrected chi connectivity index (χ2v) is 12.9. The molecule has 0 saturated carbocycles. The third-order valence-electron chi connectivity index (χ3n) is 7.36. The van der Waals surface area contributed by atoms with Crippen LogP contribution in [0.5, 0.6) is 0 Å². The average Bonchev–Trinajstić information content (AvgIpc) is 3.52. The lowest BCUT2D eigenvalue weighted by Crippen LogP contribution is -2.46. The third kappa shape index (κ3) is 5.07. The van der Waals surface area contributed by atoms with Gasteiger partial charge in [0.15, 0.2) is 5.13 Å². The lowest BCUT2D eigenvalue weighted by atomic mass is 9.96. The van der Waals surface area contributed by atoms with E-state index in [0.29, 0.717) is 42.5 Å². The number of hydrogen-bond acceptors (Lipinski definition) is 6. The van der Waals surface area contributed by atoms with Gasteiger partial charge in [0.05, 0.1) is 27.8 Å². The van der Waals surface area contributed by atoms with E-state index >= 15 is 0 Å². The van der Waals surface area contributed by atoms with Crippen LogP contribution in [0.15, 0.2) is 41.3 Å². The van der Waals surface area contributed by atoms with Gasteiger partial charge in [0.2, 0.25) is 15.9 Å². The third-order valence-corrected chi connectivity index (χ3v) is 10.3. The van der Waals surface area contributed by atoms with Gasteiger partial charge < -0.3 is 4.74 Å². The fraction of sp³-hybridized carbons (Fsp3) is 0.481. The number of amides is 1. The molecule has 7 nitrogen and oxygen atoms in total. The number of thiazole rings is 1. The van der Waals surface area contributed by atoms with Crippen LogP contribution in [0, 0.1) is 26.7 Å². The fourth-order valence-corrected chi connectivity index (χ4v) is 7.49. The average molecular weight is 528 g/mol. The highest BCUT2D eigenvalue weighted by Gasteiger charge is 2.36. The summed E-state index contributed by atoms with van der Waals surface area (Å²) in [4.78, 5) is 20.8. The zero-order valence-electron chi connectivity index (χ0n) is 21.1. The Balaban J connectivity index is 1.35. The zero-order chi connectivity index (χ0) is 25.4. The van der Waals surface area contributed by atoms with Crippen LogP contribution in [0.25, 0.3) is 10.2 Å². The van der Waals surface area contributed by atoms with E-state index in [9.17, 15) is 13.2 Å². The Labute approximate surface area is 217 Å². The van der Waals surface area contributed by atoms with Crippen molar-refractivity contribution < 1.29 is 17.9 Å². The number of aromatic nitrogens is 1. The number of carbonyl (C=O) groups is 1. The zero-order valence-corrected chi connectivity index (χ0v) is 22.7. The fourth-order valence-electron chi connectivity index (χ4n) is 4.96. The largest absolute Gasteiger partial charge is 0.376 e. The summed E-state index contributed by atoms with van der Waals surface area (Å²) in [6.45, 7) is 7.96. The summed E-state index contributed by atoms with van der Waals surface area (Å²) in [7, 11) is -3.57. The number of anilines is 1. The Bertz CT molecular complexity index is 1310. The molecule has 1 unspecified atom stereocenters. The summed E-state index contributed by atoms with van der Waals surface area (Å²) in [6.07, 6.45) is 2.93. The SMILES string of the molecule is Cc1ccc(S(=O)(=O)N2CCC(C(=O)N(CC3CCCO3)c3nc4cc(C)c(C)cc4s3)CC2)cc1. The van der Waals surface area contributed by atoms with Crippen LogP contribution in [-0.4, -0.2) is 56.0 Å². The van der Waals surface area contributed by atoms with Crippen molar-refractivity contribution in [2.75, 3.05) is 31.1 Å². The molecule has 0 aliphatic carbocycles. The molecule has 9 heteroatoms. The maximum absolute atomic E-state index is 13.8. The van der Waals surface area contributed by atoms with E-state index in [1.165, 1.54) is 26.8 Å². The molecule has 0 radical (unpaired) electrons. The highest BCUT2D eigenvalue weighted by atomic mass is 32.2. The van der Waals surface area contributed by atoms with Crippen molar-refractivity contribution in [3.05, 3.63) is 53.1 Å². The standard InChI is InChI=1S/C27H33N3O4S2/c1-18-6-8-23(9-7-18)36(32,33)29-12-10-21(11-13-29)26(31)30(17-22-5-4-14-34-22)27-28-24-15-19(2)20(3)16-25(24)35-27/h6-9,15-16,21-22H,4-5,10-14,17H2,1-3H3. The van der Waals surface area contributed by atoms with Crippen molar-refractivity contribution in [2.24, 2.45) is 5.92 Å². The molecular formula is C27H33N3O4S2. The van der Waals surface area contributed by atoms with Gasteiger partial charge in [-0.05, 0) is 81.8 Å². The monoisotopic (exact) mass is 527 g/mol. The summed E-state index contributed by atoms with van der Waals surface area (Å²) in [5.41, 5.74) is 4.31. The lowest BCUT2D eigenvalue weighted by Gasteiger charge is -2.33. The van der Waals surface area contributed by atoms with E-state index in [1.54, 1.807) is 17.0 Å². The highest BCUT2D eigenvalue weighted by molar-refractivity contribution is 7.89. The predicted octanol–water partition coefficient (Wildman–Crippen LogP) is 4.83. The van der Waals surface area contributed by atoms with Crippen molar-refractivity contribution >= 4 is 42.6 Å². The van der Waals surface area contributed by atoms with Crippen LogP contribution in [0.2, 0.25) is 0 Å². The molecule has 1 amide bonds. The first-order chi connectivity index (χ1) is 17.2. The minimum Gasteiger partial charge on any atom is -0.376 e. The molecule has 0 spiro atoms. The molecule has 192 valence electrons. The summed E-state index contributed by atoms with van der Waals surface area (Å²) in [6, 6.07) is 11.1. The molecule has 3 heterocycles. The molecule has 0 N–H and O–H groups in total. The van der Waals surface area contributed by atoms with Crippen LogP contribution in [-0.2, 0) is 19.6 Å². The maximum atomic E-state index is 13.8. The van der Waals surface area contributed by atoms with Crippen LogP contribution in [0.1, 0.15) is 42.4 Å². The second-order valence-electron chi connectivity index (χ2n) is 9.98. The van der Waals surface area contributed by atoms with Gasteiger partial charge in [-0.3, -0.25) is 9.69 Å². The number of piperidine rings is 1. The minimum absolute atomic E-state index is 0.00596. The Kier molecular flexibility index (Phi) is 7.18. The van der Waals surface area contributed by atoms with Gasteiger partial charge in [0.1, 0.15) is 0 Å². The first kappa shape index (κ1) is 25.3. The molecule has 5 rings (SSSR count). The number of rotatable bonds is 6. The quantitative estimate of drug-likeness (QED) is 0.459. The number of benzene rings is 2. The summed E-state index contributed by atoms with van der Waals surface area (Å²) >= 11 is 1.54. The van der Waals surface area contributed by atoms with E-state index in [4.69, 9.17) is 9.72 Å². The molecule has 2 aliphatic heterocycles. The topological polar surface area (TPSA) is 79.8 Å². The number of hydrogen-bond donors (Lipinski definition) is 0. The predicted molar refractivity (Wildman–Crippen MR) is 143 cm³/mol. The summed E-state index contributed by atoms with van der Waals surface area (Å²) < 4.78 is 34.7. The van der Waals surface area contributed by atoms with Crippen LogP contribution >= 0.6 is 11.3 Å². The van der Waals surface area contributed by atoms with Gasteiger partial charge in [0.25, 0.3) is 0 Å². The maximum Gasteiger partial charge on any atom is 0.243 e. The first-order valence-electron chi connectivity index (χ1n) is 12.6. The van der Waals surface area contributed by atoms with Gasteiger partial charge in [-0.15, -0.1) is 0 Å². The number of fused-ring (bicyclic) bond motifs is 1. The van der Waals surface area contributed by atoms with E-state index in [-0.39, 0.29) is 17.9 Å². The van der Waals surface area contributed by atoms with Crippen molar-refractivity contribution in [1.29, 1.82) is 0 Å². The molecule has 1 aromatic heterocycles. The van der Waals surface area contributed by atoms with E-state index in [1.807, 2.05) is 19.1 Å². The van der Waals surface area contributed by atoms with Crippen molar-refractivity contribution in [3.63, 3.8) is 0 Å². The first-order valence-corrected chi connectivity index (χ1v) is 14.9. The van der Waals surface area contributed by atoms with Gasteiger partial charge in [-0.2, -0.15) is 4.31 Å². The normalized spacial score (nSPS) is 19.7. The number of ether oxygens (including phenoxy) is 1. The van der Waals surface area contributed by atoms with E-state index in [0.717, 1.165) is 35.2 Å². The molecule has 2 fully saturated rings. The Morgan fingerprint density at radius 2 is 1.78 bits per heavy atom. The summed E-state index contributed by atoms with van der Waals surface area (Å²) in [5, 5.41) is 0.699. The molecule has 2 aliphatic rings. The lowest BCUT2D eigenvalue weighted by molar-refractivity contribution is -0.123. The van der Waals surface area contributed by atoms with Gasteiger partial charge in [0, 0.05) is 25.6 Å². The molecule has 2 aromatic carbocycles. The molecule has 2 saturated heterocycles. The Hall–Kier alpha value is -2.33. The molecular weight excluding hydrogens is 494 g/mol. The minimum atomic E-state index is -3.57. The van der Waals surface area contributed by atoms with Crippen molar-refractivity contribution in [3.8, 4) is 0 Å². The number of nitrogens with zero attached hydrogens (tertiary/aromatic N) is 3. The number of carbonyl (C=O) groups excluding carboxylic acids is 1. The second kappa shape index (κ2) is 10.2. The Morgan fingerprint density at radius 1 is 1.08 bits per heavy atom. The van der Waals surface area contributed by atoms with Crippen LogP contribution in [0.4, 0.5) is 5.13 Å². The van der Waals surface area contributed by atoms with Crippen molar-refractivity contribution in [1.82, 2.24) is 9.29 Å². The van der Waals surface area contributed by atoms with Crippen molar-refractivity contribution in [2.45, 2.75) is 57.5 Å². The van der Waals surface area contributed by atoms with Gasteiger partial charge >= 0.3 is 0 Å². The molecule has 1 atom stereocenters. The van der Waals surface area contributed by atoms with Crippen LogP contribution < -0.4 is 4.90 Å². The number of aryl methyl sites for hydroxylation is 3. The van der Waals surface area contributed by atoms with E-state index < -0.39 is 10.0 Å². The molecule has 3 aromatic rings. The molecule has 0 bridgehead atoms. The van der Waals surface area contributed by atoms with Crippen LogP contribution in [0.3, 0.4) is 0 Å². The van der Waals surface area contributed by atoms with Gasteiger partial charge in [-0.25, -0.2) is 13.4 Å². The van der Waals surface area contributed by atoms with E-state index in [2.05, 4.69) is 26.0 Å². The Morgan fingerprint density at radius 3 is 2.44 bits per heavy atom. The molecule has 36 heavy (non-hydrogen) atoms.